The predicted molar refractivity (Wildman–Crippen MR) is 72.3 cm³/mol. The zero-order valence-corrected chi connectivity index (χ0v) is 11.6. The van der Waals surface area contributed by atoms with E-state index in [0.29, 0.717) is 5.41 Å². The van der Waals surface area contributed by atoms with Gasteiger partial charge in [0.25, 0.3) is 0 Å². The fraction of sp³-hybridized carbons (Fsp3) is 0.800. The number of aromatic nitrogens is 1. The summed E-state index contributed by atoms with van der Waals surface area (Å²) in [4.78, 5) is 5.54. The summed E-state index contributed by atoms with van der Waals surface area (Å²) in [6.45, 7) is 0.151. The number of aliphatic hydroxyl groups is 1. The Morgan fingerprint density at radius 2 is 1.78 bits per heavy atom. The molecule has 1 aromatic rings. The van der Waals surface area contributed by atoms with Gasteiger partial charge in [0.2, 0.25) is 0 Å². The van der Waals surface area contributed by atoms with Crippen molar-refractivity contribution in [3.8, 4) is 0 Å². The van der Waals surface area contributed by atoms with Crippen molar-refractivity contribution in [3.63, 3.8) is 0 Å². The first kappa shape index (κ1) is 11.4. The highest BCUT2D eigenvalue weighted by Gasteiger charge is 2.50. The second-order valence-electron chi connectivity index (χ2n) is 6.97. The summed E-state index contributed by atoms with van der Waals surface area (Å²) >= 11 is 1.72. The van der Waals surface area contributed by atoms with Gasteiger partial charge in [-0.05, 0) is 61.7 Å². The maximum Gasteiger partial charge on any atom is 0.0934 e. The number of hydrogen-bond acceptors (Lipinski definition) is 3. The molecule has 2 nitrogen and oxygen atoms in total. The molecular weight excluding hydrogens is 242 g/mol. The lowest BCUT2D eigenvalue weighted by atomic mass is 9.49. The Bertz CT molecular complexity index is 418. The van der Waals surface area contributed by atoms with Crippen molar-refractivity contribution in [1.29, 1.82) is 0 Å². The van der Waals surface area contributed by atoms with Crippen molar-refractivity contribution in [1.82, 2.24) is 4.98 Å². The Labute approximate surface area is 112 Å². The van der Waals surface area contributed by atoms with E-state index in [1.165, 1.54) is 50.0 Å². The topological polar surface area (TPSA) is 33.1 Å². The van der Waals surface area contributed by atoms with E-state index in [-0.39, 0.29) is 6.61 Å². The average Bonchev–Trinajstić information content (AvgIpc) is 2.74. The summed E-state index contributed by atoms with van der Waals surface area (Å²) in [5, 5.41) is 10.4. The molecule has 1 N–H and O–H groups in total. The van der Waals surface area contributed by atoms with Crippen LogP contribution >= 0.6 is 11.3 Å². The van der Waals surface area contributed by atoms with Crippen LogP contribution in [0.5, 0.6) is 0 Å². The van der Waals surface area contributed by atoms with E-state index >= 15 is 0 Å². The van der Waals surface area contributed by atoms with Gasteiger partial charge in [0.1, 0.15) is 0 Å². The SMILES string of the molecule is OCc1cnc(CC23CC4CC(CC(C4)C2)C3)s1. The molecule has 4 bridgehead atoms. The van der Waals surface area contributed by atoms with Crippen LogP contribution in [0.4, 0.5) is 0 Å². The van der Waals surface area contributed by atoms with Gasteiger partial charge in [0.15, 0.2) is 0 Å². The van der Waals surface area contributed by atoms with Crippen LogP contribution in [0.1, 0.15) is 48.4 Å². The molecule has 0 unspecified atom stereocenters. The van der Waals surface area contributed by atoms with Crippen molar-refractivity contribution in [2.24, 2.45) is 23.2 Å². The summed E-state index contributed by atoms with van der Waals surface area (Å²) < 4.78 is 0. The monoisotopic (exact) mass is 263 g/mol. The summed E-state index contributed by atoms with van der Waals surface area (Å²) in [5.41, 5.74) is 0.583. The summed E-state index contributed by atoms with van der Waals surface area (Å²) in [6.07, 6.45) is 11.9. The van der Waals surface area contributed by atoms with Crippen LogP contribution in [0.2, 0.25) is 0 Å². The molecular formula is C15H21NOS. The molecule has 4 aliphatic rings. The van der Waals surface area contributed by atoms with Gasteiger partial charge in [-0.15, -0.1) is 11.3 Å². The Morgan fingerprint density at radius 3 is 2.28 bits per heavy atom. The third-order valence-electron chi connectivity index (χ3n) is 5.45. The van der Waals surface area contributed by atoms with Crippen LogP contribution in [0, 0.1) is 23.2 Å². The minimum absolute atomic E-state index is 0.151. The lowest BCUT2D eigenvalue weighted by Crippen LogP contribution is -2.47. The molecule has 98 valence electrons. The molecule has 0 aliphatic heterocycles. The summed E-state index contributed by atoms with van der Waals surface area (Å²) in [5.74, 6) is 3.07. The maximum absolute atomic E-state index is 9.15. The van der Waals surface area contributed by atoms with E-state index in [9.17, 15) is 0 Å². The molecule has 1 aromatic heterocycles. The molecule has 4 saturated carbocycles. The van der Waals surface area contributed by atoms with Crippen LogP contribution in [-0.2, 0) is 13.0 Å². The first-order valence-electron chi connectivity index (χ1n) is 7.29. The van der Waals surface area contributed by atoms with Gasteiger partial charge in [-0.3, -0.25) is 0 Å². The van der Waals surface area contributed by atoms with Crippen LogP contribution in [0.3, 0.4) is 0 Å². The Balaban J connectivity index is 1.56. The first-order valence-corrected chi connectivity index (χ1v) is 8.11. The molecule has 0 radical (unpaired) electrons. The van der Waals surface area contributed by atoms with Gasteiger partial charge in [-0.1, -0.05) is 0 Å². The van der Waals surface area contributed by atoms with Gasteiger partial charge >= 0.3 is 0 Å². The zero-order valence-electron chi connectivity index (χ0n) is 10.8. The minimum Gasteiger partial charge on any atom is -0.391 e. The number of aliphatic hydroxyl groups excluding tert-OH is 1. The van der Waals surface area contributed by atoms with Crippen molar-refractivity contribution in [3.05, 3.63) is 16.1 Å². The molecule has 0 saturated heterocycles. The van der Waals surface area contributed by atoms with Crippen molar-refractivity contribution >= 4 is 11.3 Å². The van der Waals surface area contributed by atoms with Gasteiger partial charge in [0, 0.05) is 12.6 Å². The molecule has 5 rings (SSSR count). The highest BCUT2D eigenvalue weighted by molar-refractivity contribution is 7.11. The number of rotatable bonds is 3. The Morgan fingerprint density at radius 1 is 1.17 bits per heavy atom. The van der Waals surface area contributed by atoms with Gasteiger partial charge in [-0.2, -0.15) is 0 Å². The minimum atomic E-state index is 0.151. The molecule has 0 atom stereocenters. The standard InChI is InChI=1S/C15H21NOS/c17-9-13-8-16-14(18-13)7-15-4-10-1-11(5-15)3-12(2-10)6-15/h8,10-12,17H,1-7,9H2. The number of nitrogens with zero attached hydrogens (tertiary/aromatic N) is 1. The van der Waals surface area contributed by atoms with E-state index in [1.54, 1.807) is 11.3 Å². The van der Waals surface area contributed by atoms with Crippen LogP contribution in [0.25, 0.3) is 0 Å². The molecule has 18 heavy (non-hydrogen) atoms. The fourth-order valence-corrected chi connectivity index (χ4v) is 6.29. The van der Waals surface area contributed by atoms with Crippen molar-refractivity contribution in [2.75, 3.05) is 0 Å². The van der Waals surface area contributed by atoms with Crippen LogP contribution < -0.4 is 0 Å². The normalized spacial score (nSPS) is 41.5. The largest absolute Gasteiger partial charge is 0.391 e. The van der Waals surface area contributed by atoms with E-state index in [4.69, 9.17) is 5.11 Å². The molecule has 0 amide bonds. The zero-order chi connectivity index (χ0) is 12.2. The van der Waals surface area contributed by atoms with Crippen molar-refractivity contribution < 1.29 is 5.11 Å². The van der Waals surface area contributed by atoms with E-state index in [2.05, 4.69) is 4.98 Å². The van der Waals surface area contributed by atoms with Gasteiger partial charge < -0.3 is 5.11 Å². The summed E-state index contributed by atoms with van der Waals surface area (Å²) in [7, 11) is 0. The van der Waals surface area contributed by atoms with Gasteiger partial charge in [0.05, 0.1) is 16.5 Å². The third kappa shape index (κ3) is 1.83. The Kier molecular flexibility index (Phi) is 2.56. The quantitative estimate of drug-likeness (QED) is 0.906. The lowest BCUT2D eigenvalue weighted by molar-refractivity contribution is -0.0521. The van der Waals surface area contributed by atoms with E-state index in [1.807, 2.05) is 6.20 Å². The second-order valence-corrected chi connectivity index (χ2v) is 8.17. The van der Waals surface area contributed by atoms with Crippen LogP contribution in [-0.4, -0.2) is 10.1 Å². The highest BCUT2D eigenvalue weighted by atomic mass is 32.1. The molecule has 4 aliphatic carbocycles. The Hall–Kier alpha value is -0.410. The van der Waals surface area contributed by atoms with E-state index < -0.39 is 0 Å². The number of thiazole rings is 1. The van der Waals surface area contributed by atoms with Crippen molar-refractivity contribution in [2.45, 2.75) is 51.6 Å². The molecule has 4 fully saturated rings. The molecule has 0 aromatic carbocycles. The van der Waals surface area contributed by atoms with Gasteiger partial charge in [-0.25, -0.2) is 4.98 Å². The third-order valence-corrected chi connectivity index (χ3v) is 6.43. The predicted octanol–water partition coefficient (Wildman–Crippen LogP) is 3.39. The maximum atomic E-state index is 9.15. The molecule has 0 spiro atoms. The fourth-order valence-electron chi connectivity index (χ4n) is 5.33. The number of hydrogen-bond donors (Lipinski definition) is 1. The highest BCUT2D eigenvalue weighted by Crippen LogP contribution is 2.61. The molecule has 1 heterocycles. The van der Waals surface area contributed by atoms with Crippen LogP contribution in [0.15, 0.2) is 6.20 Å². The second kappa shape index (κ2) is 4.04. The molecule has 3 heteroatoms. The van der Waals surface area contributed by atoms with E-state index in [0.717, 1.165) is 22.6 Å². The summed E-state index contributed by atoms with van der Waals surface area (Å²) in [6, 6.07) is 0. The lowest BCUT2D eigenvalue weighted by Gasteiger charge is -2.56. The first-order chi connectivity index (χ1) is 8.75. The average molecular weight is 263 g/mol. The smallest absolute Gasteiger partial charge is 0.0934 e.